The molecule has 0 aromatic heterocycles. The second-order valence-electron chi connectivity index (χ2n) is 5.89. The van der Waals surface area contributed by atoms with Crippen molar-refractivity contribution >= 4 is 5.97 Å². The van der Waals surface area contributed by atoms with Gasteiger partial charge in [-0.2, -0.15) is 0 Å². The van der Waals surface area contributed by atoms with Gasteiger partial charge in [-0.15, -0.1) is 0 Å². The molecule has 2 N–H and O–H groups in total. The minimum atomic E-state index is -0.902. The van der Waals surface area contributed by atoms with E-state index in [9.17, 15) is 9.90 Å². The number of hydrogen-bond donors (Lipinski definition) is 2. The predicted octanol–water partition coefficient (Wildman–Crippen LogP) is 2.54. The summed E-state index contributed by atoms with van der Waals surface area (Å²) >= 11 is 0. The third-order valence-corrected chi connectivity index (χ3v) is 3.48. The predicted molar refractivity (Wildman–Crippen MR) is 71.2 cm³/mol. The maximum absolute atomic E-state index is 10.7. The van der Waals surface area contributed by atoms with Crippen LogP contribution >= 0.6 is 0 Å². The number of rotatable bonds is 4. The Morgan fingerprint density at radius 3 is 2.79 bits per heavy atom. The Bertz CT molecular complexity index is 493. The third kappa shape index (κ3) is 2.89. The van der Waals surface area contributed by atoms with Crippen LogP contribution in [0.2, 0.25) is 0 Å². The highest BCUT2D eigenvalue weighted by molar-refractivity contribution is 5.67. The summed E-state index contributed by atoms with van der Waals surface area (Å²) in [5.41, 5.74) is 1.50. The minimum Gasteiger partial charge on any atom is -0.487 e. The smallest absolute Gasteiger partial charge is 0.303 e. The number of benzene rings is 1. The van der Waals surface area contributed by atoms with Crippen LogP contribution in [0.4, 0.5) is 0 Å². The third-order valence-electron chi connectivity index (χ3n) is 3.48. The Kier molecular flexibility index (Phi) is 3.54. The van der Waals surface area contributed by atoms with Gasteiger partial charge < -0.3 is 14.9 Å². The molecule has 1 aromatic carbocycles. The zero-order valence-electron chi connectivity index (χ0n) is 11.5. The second-order valence-corrected chi connectivity index (χ2v) is 5.89. The van der Waals surface area contributed by atoms with E-state index in [1.807, 2.05) is 32.0 Å². The van der Waals surface area contributed by atoms with Crippen LogP contribution in [0.3, 0.4) is 0 Å². The molecule has 104 valence electrons. The van der Waals surface area contributed by atoms with Crippen LogP contribution in [-0.2, 0) is 11.2 Å². The van der Waals surface area contributed by atoms with E-state index in [-0.39, 0.29) is 17.9 Å². The van der Waals surface area contributed by atoms with Crippen molar-refractivity contribution in [3.05, 3.63) is 29.3 Å². The molecule has 0 saturated heterocycles. The normalized spacial score (nSPS) is 19.4. The summed E-state index contributed by atoms with van der Waals surface area (Å²) in [5, 5.41) is 19.1. The Balaban J connectivity index is 2.28. The molecule has 1 aliphatic rings. The average molecular weight is 264 g/mol. The molecule has 0 spiro atoms. The van der Waals surface area contributed by atoms with Crippen molar-refractivity contribution in [2.24, 2.45) is 5.92 Å². The zero-order chi connectivity index (χ0) is 14.2. The number of aliphatic hydroxyl groups is 1. The van der Waals surface area contributed by atoms with Gasteiger partial charge in [-0.05, 0) is 25.3 Å². The molecule has 4 nitrogen and oxygen atoms in total. The SMILES string of the molecule is CC(CC(=O)O)C(O)c1cccc2c1OC(C)(C)C2. The summed E-state index contributed by atoms with van der Waals surface area (Å²) in [7, 11) is 0. The molecule has 0 bridgehead atoms. The van der Waals surface area contributed by atoms with Crippen molar-refractivity contribution in [2.75, 3.05) is 0 Å². The fourth-order valence-corrected chi connectivity index (χ4v) is 2.57. The van der Waals surface area contributed by atoms with Crippen LogP contribution in [0.1, 0.15) is 44.4 Å². The molecular formula is C15H20O4. The van der Waals surface area contributed by atoms with E-state index >= 15 is 0 Å². The molecule has 2 unspecified atom stereocenters. The van der Waals surface area contributed by atoms with Gasteiger partial charge in [0, 0.05) is 12.0 Å². The maximum atomic E-state index is 10.7. The van der Waals surface area contributed by atoms with E-state index in [0.29, 0.717) is 5.56 Å². The molecule has 0 aliphatic carbocycles. The lowest BCUT2D eigenvalue weighted by molar-refractivity contribution is -0.139. The lowest BCUT2D eigenvalue weighted by atomic mass is 9.92. The van der Waals surface area contributed by atoms with E-state index in [0.717, 1.165) is 17.7 Å². The number of para-hydroxylation sites is 1. The number of aliphatic carboxylic acids is 1. The Morgan fingerprint density at radius 2 is 2.16 bits per heavy atom. The lowest BCUT2D eigenvalue weighted by Crippen LogP contribution is -2.25. The summed E-state index contributed by atoms with van der Waals surface area (Å²) in [5.74, 6) is -0.533. The van der Waals surface area contributed by atoms with Crippen molar-refractivity contribution in [1.29, 1.82) is 0 Å². The summed E-state index contributed by atoms with van der Waals surface area (Å²) in [6.45, 7) is 5.74. The summed E-state index contributed by atoms with van der Waals surface area (Å²) in [6, 6.07) is 5.68. The highest BCUT2D eigenvalue weighted by Gasteiger charge is 2.34. The number of carbonyl (C=O) groups is 1. The quantitative estimate of drug-likeness (QED) is 0.877. The van der Waals surface area contributed by atoms with E-state index in [4.69, 9.17) is 9.84 Å². The largest absolute Gasteiger partial charge is 0.487 e. The van der Waals surface area contributed by atoms with Crippen molar-refractivity contribution < 1.29 is 19.7 Å². The molecule has 2 atom stereocenters. The van der Waals surface area contributed by atoms with E-state index < -0.39 is 12.1 Å². The Morgan fingerprint density at radius 1 is 1.47 bits per heavy atom. The van der Waals surface area contributed by atoms with Gasteiger partial charge in [-0.25, -0.2) is 0 Å². The van der Waals surface area contributed by atoms with Gasteiger partial charge in [0.2, 0.25) is 0 Å². The van der Waals surface area contributed by atoms with Gasteiger partial charge in [0.25, 0.3) is 0 Å². The first kappa shape index (κ1) is 13.9. The van der Waals surface area contributed by atoms with Crippen molar-refractivity contribution in [2.45, 2.75) is 45.3 Å². The fourth-order valence-electron chi connectivity index (χ4n) is 2.57. The number of aliphatic hydroxyl groups excluding tert-OH is 1. The van der Waals surface area contributed by atoms with E-state index in [1.54, 1.807) is 6.92 Å². The van der Waals surface area contributed by atoms with Crippen LogP contribution < -0.4 is 4.74 Å². The zero-order valence-corrected chi connectivity index (χ0v) is 11.5. The number of fused-ring (bicyclic) bond motifs is 1. The minimum absolute atomic E-state index is 0.0613. The fraction of sp³-hybridized carbons (Fsp3) is 0.533. The molecular weight excluding hydrogens is 244 g/mol. The molecule has 1 aliphatic heterocycles. The van der Waals surface area contributed by atoms with Crippen molar-refractivity contribution in [1.82, 2.24) is 0 Å². The van der Waals surface area contributed by atoms with Gasteiger partial charge in [0.15, 0.2) is 0 Å². The Hall–Kier alpha value is -1.55. The van der Waals surface area contributed by atoms with Gasteiger partial charge in [0.05, 0.1) is 12.5 Å². The molecule has 19 heavy (non-hydrogen) atoms. The van der Waals surface area contributed by atoms with Crippen LogP contribution in [0.15, 0.2) is 18.2 Å². The highest BCUT2D eigenvalue weighted by atomic mass is 16.5. The topological polar surface area (TPSA) is 66.8 Å². The van der Waals surface area contributed by atoms with Crippen molar-refractivity contribution in [3.63, 3.8) is 0 Å². The lowest BCUT2D eigenvalue weighted by Gasteiger charge is -2.22. The first-order valence-corrected chi connectivity index (χ1v) is 6.51. The monoisotopic (exact) mass is 264 g/mol. The molecule has 4 heteroatoms. The number of carboxylic acids is 1. The number of ether oxygens (including phenoxy) is 1. The molecule has 0 amide bonds. The second kappa shape index (κ2) is 4.85. The van der Waals surface area contributed by atoms with Crippen LogP contribution in [0.25, 0.3) is 0 Å². The van der Waals surface area contributed by atoms with Crippen LogP contribution in [0.5, 0.6) is 5.75 Å². The van der Waals surface area contributed by atoms with Gasteiger partial charge in [-0.1, -0.05) is 25.1 Å². The average Bonchev–Trinajstić information content (AvgIpc) is 2.60. The van der Waals surface area contributed by atoms with Gasteiger partial charge >= 0.3 is 5.97 Å². The molecule has 1 aromatic rings. The number of hydrogen-bond acceptors (Lipinski definition) is 3. The molecule has 0 radical (unpaired) electrons. The van der Waals surface area contributed by atoms with Crippen LogP contribution in [0, 0.1) is 5.92 Å². The molecule has 0 fully saturated rings. The Labute approximate surface area is 113 Å². The van der Waals surface area contributed by atoms with E-state index in [2.05, 4.69) is 0 Å². The molecule has 0 saturated carbocycles. The highest BCUT2D eigenvalue weighted by Crippen LogP contribution is 2.41. The summed E-state index contributed by atoms with van der Waals surface area (Å²) in [4.78, 5) is 10.7. The maximum Gasteiger partial charge on any atom is 0.303 e. The molecule has 1 heterocycles. The standard InChI is InChI=1S/C15H20O4/c1-9(7-12(16)17)13(18)11-6-4-5-10-8-15(2,3)19-14(10)11/h4-6,9,13,18H,7-8H2,1-3H3,(H,16,17). The molecule has 2 rings (SSSR count). The van der Waals surface area contributed by atoms with Gasteiger partial charge in [0.1, 0.15) is 11.4 Å². The first-order valence-electron chi connectivity index (χ1n) is 6.51. The number of carboxylic acid groups (broad SMARTS) is 1. The van der Waals surface area contributed by atoms with Gasteiger partial charge in [-0.3, -0.25) is 4.79 Å². The van der Waals surface area contributed by atoms with Crippen LogP contribution in [-0.4, -0.2) is 21.8 Å². The first-order chi connectivity index (χ1) is 8.80. The van der Waals surface area contributed by atoms with E-state index in [1.165, 1.54) is 0 Å². The van der Waals surface area contributed by atoms with Crippen molar-refractivity contribution in [3.8, 4) is 5.75 Å². The summed E-state index contributed by atoms with van der Waals surface area (Å²) < 4.78 is 5.89. The summed E-state index contributed by atoms with van der Waals surface area (Å²) in [6.07, 6.45) is -0.0790.